The number of halogens is 1. The molecule has 0 spiro atoms. The molecule has 0 radical (unpaired) electrons. The van der Waals surface area contributed by atoms with E-state index in [1.165, 1.54) is 5.56 Å². The Morgan fingerprint density at radius 3 is 2.86 bits per heavy atom. The van der Waals surface area contributed by atoms with Crippen LogP contribution in [0.4, 0.5) is 0 Å². The van der Waals surface area contributed by atoms with Crippen molar-refractivity contribution in [2.24, 2.45) is 0 Å². The maximum atomic E-state index is 12.4. The van der Waals surface area contributed by atoms with Crippen molar-refractivity contribution in [3.8, 4) is 0 Å². The van der Waals surface area contributed by atoms with Crippen LogP contribution in [-0.2, 0) is 4.79 Å². The number of nitrogens with zero attached hydrogens (tertiary/aromatic N) is 2. The number of benzene rings is 1. The Kier molecular flexibility index (Phi) is 6.03. The lowest BCUT2D eigenvalue weighted by Crippen LogP contribution is -2.50. The van der Waals surface area contributed by atoms with Crippen LogP contribution < -0.4 is 5.32 Å². The van der Waals surface area contributed by atoms with E-state index in [-0.39, 0.29) is 11.9 Å². The van der Waals surface area contributed by atoms with E-state index in [0.717, 1.165) is 37.7 Å². The predicted molar refractivity (Wildman–Crippen MR) is 86.6 cm³/mol. The van der Waals surface area contributed by atoms with Gasteiger partial charge in [0.15, 0.2) is 0 Å². The lowest BCUT2D eigenvalue weighted by atomic mass is 10.0. The summed E-state index contributed by atoms with van der Waals surface area (Å²) in [5, 5.41) is 4.15. The van der Waals surface area contributed by atoms with E-state index in [9.17, 15) is 4.79 Å². The molecular weight excluding hydrogens is 286 g/mol. The molecule has 1 atom stereocenters. The smallest absolute Gasteiger partial charge is 0.236 e. The second-order valence-electron chi connectivity index (χ2n) is 5.31. The summed E-state index contributed by atoms with van der Waals surface area (Å²) in [6.45, 7) is 8.70. The van der Waals surface area contributed by atoms with E-state index in [0.29, 0.717) is 6.54 Å². The van der Waals surface area contributed by atoms with Gasteiger partial charge in [-0.3, -0.25) is 9.69 Å². The summed E-state index contributed by atoms with van der Waals surface area (Å²) < 4.78 is 0. The number of carbonyl (C=O) groups is 1. The van der Waals surface area contributed by atoms with Crippen LogP contribution in [0, 0.1) is 0 Å². The first-order valence-electron chi connectivity index (χ1n) is 7.63. The number of carbonyl (C=O) groups excluding carboxylic acids is 1. The number of nitrogens with one attached hydrogen (secondary N) is 1. The van der Waals surface area contributed by atoms with Crippen molar-refractivity contribution in [2.75, 3.05) is 39.3 Å². The van der Waals surface area contributed by atoms with Gasteiger partial charge in [0, 0.05) is 43.8 Å². The fourth-order valence-corrected chi connectivity index (χ4v) is 3.03. The molecule has 1 amide bonds. The molecule has 1 aromatic rings. The maximum Gasteiger partial charge on any atom is 0.236 e. The highest BCUT2D eigenvalue weighted by Crippen LogP contribution is 2.24. The number of amides is 1. The zero-order valence-corrected chi connectivity index (χ0v) is 13.6. The molecule has 0 aliphatic carbocycles. The molecule has 0 saturated carbocycles. The van der Waals surface area contributed by atoms with Crippen molar-refractivity contribution in [3.05, 3.63) is 34.9 Å². The van der Waals surface area contributed by atoms with E-state index < -0.39 is 0 Å². The van der Waals surface area contributed by atoms with E-state index >= 15 is 0 Å². The zero-order valence-electron chi connectivity index (χ0n) is 12.8. The second-order valence-corrected chi connectivity index (χ2v) is 5.75. The van der Waals surface area contributed by atoms with Gasteiger partial charge in [-0.15, -0.1) is 0 Å². The van der Waals surface area contributed by atoms with Gasteiger partial charge in [0.1, 0.15) is 0 Å². The summed E-state index contributed by atoms with van der Waals surface area (Å²) in [5.74, 6) is 0.203. The number of rotatable bonds is 5. The average Bonchev–Trinajstić information content (AvgIpc) is 2.49. The van der Waals surface area contributed by atoms with E-state index in [1.807, 2.05) is 36.9 Å². The van der Waals surface area contributed by atoms with Gasteiger partial charge < -0.3 is 10.2 Å². The lowest BCUT2D eigenvalue weighted by Gasteiger charge is -2.37. The minimum atomic E-state index is 0.203. The van der Waals surface area contributed by atoms with E-state index in [4.69, 9.17) is 11.6 Å². The molecule has 1 saturated heterocycles. The SMILES string of the molecule is CCN(CC)C(=O)CN1CCNCC1c1cccc(Cl)c1. The van der Waals surface area contributed by atoms with Crippen LogP contribution in [0.5, 0.6) is 0 Å². The van der Waals surface area contributed by atoms with Crippen molar-refractivity contribution < 1.29 is 4.79 Å². The third-order valence-electron chi connectivity index (χ3n) is 4.04. The van der Waals surface area contributed by atoms with Gasteiger partial charge in [0.2, 0.25) is 5.91 Å². The summed E-state index contributed by atoms with van der Waals surface area (Å²) in [5.41, 5.74) is 1.17. The van der Waals surface area contributed by atoms with Gasteiger partial charge in [0.05, 0.1) is 6.54 Å². The fourth-order valence-electron chi connectivity index (χ4n) is 2.83. The zero-order chi connectivity index (χ0) is 15.2. The van der Waals surface area contributed by atoms with E-state index in [2.05, 4.69) is 16.3 Å². The Balaban J connectivity index is 2.10. The van der Waals surface area contributed by atoms with Crippen LogP contribution in [0.25, 0.3) is 0 Å². The highest BCUT2D eigenvalue weighted by atomic mass is 35.5. The standard InChI is InChI=1S/C16H24ClN3O/c1-3-19(4-2)16(21)12-20-9-8-18-11-15(20)13-6-5-7-14(17)10-13/h5-7,10,15,18H,3-4,8-9,11-12H2,1-2H3. The lowest BCUT2D eigenvalue weighted by molar-refractivity contribution is -0.132. The molecule has 5 heteroatoms. The first-order chi connectivity index (χ1) is 10.2. The van der Waals surface area contributed by atoms with Gasteiger partial charge in [0.25, 0.3) is 0 Å². The molecule has 21 heavy (non-hydrogen) atoms. The second kappa shape index (κ2) is 7.78. The summed E-state index contributed by atoms with van der Waals surface area (Å²) in [7, 11) is 0. The summed E-state index contributed by atoms with van der Waals surface area (Å²) in [6.07, 6.45) is 0. The van der Waals surface area contributed by atoms with Crippen LogP contribution >= 0.6 is 11.6 Å². The largest absolute Gasteiger partial charge is 0.342 e. The number of piperazine rings is 1. The Hall–Kier alpha value is -1.10. The molecular formula is C16H24ClN3O. The Morgan fingerprint density at radius 2 is 2.19 bits per heavy atom. The van der Waals surface area contributed by atoms with Gasteiger partial charge in [-0.05, 0) is 31.5 Å². The van der Waals surface area contributed by atoms with E-state index in [1.54, 1.807) is 0 Å². The minimum absolute atomic E-state index is 0.203. The minimum Gasteiger partial charge on any atom is -0.342 e. The van der Waals surface area contributed by atoms with Crippen LogP contribution in [0.1, 0.15) is 25.5 Å². The monoisotopic (exact) mass is 309 g/mol. The summed E-state index contributed by atoms with van der Waals surface area (Å²) in [6, 6.07) is 8.13. The van der Waals surface area contributed by atoms with Crippen LogP contribution in [0.15, 0.2) is 24.3 Å². The van der Waals surface area contributed by atoms with Crippen LogP contribution in [0.2, 0.25) is 5.02 Å². The molecule has 1 aliphatic heterocycles. The number of hydrogen-bond donors (Lipinski definition) is 1. The summed E-state index contributed by atoms with van der Waals surface area (Å²) >= 11 is 6.10. The van der Waals surface area contributed by atoms with Crippen LogP contribution in [0.3, 0.4) is 0 Å². The predicted octanol–water partition coefficient (Wildman–Crippen LogP) is 2.15. The van der Waals surface area contributed by atoms with Crippen molar-refractivity contribution in [1.29, 1.82) is 0 Å². The van der Waals surface area contributed by atoms with Gasteiger partial charge in [-0.2, -0.15) is 0 Å². The highest BCUT2D eigenvalue weighted by molar-refractivity contribution is 6.30. The highest BCUT2D eigenvalue weighted by Gasteiger charge is 2.26. The molecule has 0 bridgehead atoms. The molecule has 1 fully saturated rings. The average molecular weight is 310 g/mol. The molecule has 1 aromatic carbocycles. The third kappa shape index (κ3) is 4.19. The Bertz CT molecular complexity index is 476. The van der Waals surface area contributed by atoms with Crippen molar-refractivity contribution in [3.63, 3.8) is 0 Å². The topological polar surface area (TPSA) is 35.6 Å². The fraction of sp³-hybridized carbons (Fsp3) is 0.562. The Labute approximate surface area is 132 Å². The molecule has 2 rings (SSSR count). The summed E-state index contributed by atoms with van der Waals surface area (Å²) in [4.78, 5) is 16.5. The molecule has 1 heterocycles. The first-order valence-corrected chi connectivity index (χ1v) is 8.01. The van der Waals surface area contributed by atoms with Crippen molar-refractivity contribution in [1.82, 2.24) is 15.1 Å². The molecule has 1 aliphatic rings. The van der Waals surface area contributed by atoms with Crippen LogP contribution in [-0.4, -0.2) is 55.0 Å². The Morgan fingerprint density at radius 1 is 1.43 bits per heavy atom. The molecule has 1 N–H and O–H groups in total. The molecule has 1 unspecified atom stereocenters. The normalized spacial score (nSPS) is 19.5. The van der Waals surface area contributed by atoms with Gasteiger partial charge >= 0.3 is 0 Å². The molecule has 0 aromatic heterocycles. The molecule has 4 nitrogen and oxygen atoms in total. The number of hydrogen-bond acceptors (Lipinski definition) is 3. The van der Waals surface area contributed by atoms with Gasteiger partial charge in [-0.25, -0.2) is 0 Å². The van der Waals surface area contributed by atoms with Crippen molar-refractivity contribution >= 4 is 17.5 Å². The van der Waals surface area contributed by atoms with Gasteiger partial charge in [-0.1, -0.05) is 23.7 Å². The quantitative estimate of drug-likeness (QED) is 0.905. The van der Waals surface area contributed by atoms with Crippen molar-refractivity contribution in [2.45, 2.75) is 19.9 Å². The molecule has 116 valence electrons. The first kappa shape index (κ1) is 16.3. The third-order valence-corrected chi connectivity index (χ3v) is 4.28. The maximum absolute atomic E-state index is 12.4. The number of likely N-dealkylation sites (N-methyl/N-ethyl adjacent to an activating group) is 1.